The average Bonchev–Trinajstić information content (AvgIpc) is 3.71. The van der Waals surface area contributed by atoms with Crippen molar-refractivity contribution in [3.63, 3.8) is 0 Å². The Morgan fingerprint density at radius 2 is 1.57 bits per heavy atom. The highest BCUT2D eigenvalue weighted by molar-refractivity contribution is 7.89. The Kier molecular flexibility index (Phi) is 8.23. The molecule has 8 heteroatoms. The van der Waals surface area contributed by atoms with Crippen molar-refractivity contribution in [2.24, 2.45) is 5.92 Å². The first-order valence-electron chi connectivity index (χ1n) is 12.6. The maximum absolute atomic E-state index is 12.9. The molecular weight excluding hydrogens is 462 g/mol. The van der Waals surface area contributed by atoms with E-state index in [-0.39, 0.29) is 23.8 Å². The van der Waals surface area contributed by atoms with Crippen LogP contribution >= 0.6 is 0 Å². The number of hydrogen-bond acceptors (Lipinski definition) is 4. The van der Waals surface area contributed by atoms with Gasteiger partial charge in [0.05, 0.1) is 10.9 Å². The number of hydrogen-bond donors (Lipinski definition) is 2. The molecule has 1 unspecified atom stereocenters. The molecule has 0 bridgehead atoms. The van der Waals surface area contributed by atoms with Crippen LogP contribution in [0, 0.1) is 5.92 Å². The van der Waals surface area contributed by atoms with Crippen molar-refractivity contribution in [2.75, 3.05) is 18.4 Å². The third kappa shape index (κ3) is 6.92. The third-order valence-corrected chi connectivity index (χ3v) is 8.68. The molecule has 2 aromatic rings. The van der Waals surface area contributed by atoms with E-state index in [1.165, 1.54) is 0 Å². The predicted molar refractivity (Wildman–Crippen MR) is 136 cm³/mol. The smallest absolute Gasteiger partial charge is 0.243 e. The van der Waals surface area contributed by atoms with Crippen LogP contribution in [0.25, 0.3) is 0 Å². The zero-order valence-corrected chi connectivity index (χ0v) is 21.1. The predicted octanol–water partition coefficient (Wildman–Crippen LogP) is 4.41. The summed E-state index contributed by atoms with van der Waals surface area (Å²) in [6, 6.07) is 14.3. The first kappa shape index (κ1) is 25.4. The van der Waals surface area contributed by atoms with Gasteiger partial charge in [-0.05, 0) is 74.4 Å². The van der Waals surface area contributed by atoms with E-state index in [0.29, 0.717) is 30.8 Å². The van der Waals surface area contributed by atoms with Gasteiger partial charge in [-0.3, -0.25) is 9.59 Å². The van der Waals surface area contributed by atoms with Gasteiger partial charge in [-0.2, -0.15) is 4.31 Å². The lowest BCUT2D eigenvalue weighted by molar-refractivity contribution is -0.121. The largest absolute Gasteiger partial charge is 0.350 e. The van der Waals surface area contributed by atoms with Crippen LogP contribution in [0.4, 0.5) is 5.69 Å². The van der Waals surface area contributed by atoms with Gasteiger partial charge in [0, 0.05) is 31.1 Å². The molecule has 35 heavy (non-hydrogen) atoms. The summed E-state index contributed by atoms with van der Waals surface area (Å²) < 4.78 is 27.4. The molecule has 1 atom stereocenters. The summed E-state index contributed by atoms with van der Waals surface area (Å²) in [5, 5.41) is 5.93. The van der Waals surface area contributed by atoms with Crippen LogP contribution in [0.5, 0.6) is 0 Å². The molecule has 0 spiro atoms. The first-order valence-corrected chi connectivity index (χ1v) is 14.1. The topological polar surface area (TPSA) is 95.6 Å². The normalized spacial score (nSPS) is 17.9. The zero-order valence-electron chi connectivity index (χ0n) is 20.3. The highest BCUT2D eigenvalue weighted by Crippen LogP contribution is 2.30. The molecule has 1 aliphatic carbocycles. The summed E-state index contributed by atoms with van der Waals surface area (Å²) in [6.45, 7) is 3.10. The summed E-state index contributed by atoms with van der Waals surface area (Å²) in [5.74, 6) is 0.171. The quantitative estimate of drug-likeness (QED) is 0.536. The lowest BCUT2D eigenvalue weighted by atomic mass is 10.1. The Bertz CT molecular complexity index is 1120. The van der Waals surface area contributed by atoms with Crippen molar-refractivity contribution in [3.05, 3.63) is 59.7 Å². The summed E-state index contributed by atoms with van der Waals surface area (Å²) in [4.78, 5) is 24.7. The number of rotatable bonds is 9. The highest BCUT2D eigenvalue weighted by atomic mass is 32.2. The van der Waals surface area contributed by atoms with E-state index in [0.717, 1.165) is 55.3 Å². The Morgan fingerprint density at radius 1 is 0.943 bits per heavy atom. The standard InChI is InChI=1S/C27H35N3O4S/c1-20(22-11-13-24(14-12-22)29-27(32)23-9-10-23)28-26(31)17-8-21-6-15-25(16-7-21)35(33,34)30-18-4-2-3-5-19-30/h6-7,11-16,20,23H,2-5,8-10,17-19H2,1H3,(H,28,31)(H,29,32). The summed E-state index contributed by atoms with van der Waals surface area (Å²) >= 11 is 0. The van der Waals surface area contributed by atoms with Gasteiger partial charge in [0.2, 0.25) is 21.8 Å². The minimum atomic E-state index is -3.46. The number of anilines is 1. The average molecular weight is 498 g/mol. The van der Waals surface area contributed by atoms with E-state index in [4.69, 9.17) is 0 Å². The van der Waals surface area contributed by atoms with Gasteiger partial charge in [0.1, 0.15) is 0 Å². The number of carbonyl (C=O) groups is 2. The van der Waals surface area contributed by atoms with Gasteiger partial charge >= 0.3 is 0 Å². The molecule has 2 amide bonds. The minimum Gasteiger partial charge on any atom is -0.350 e. The SMILES string of the molecule is CC(NC(=O)CCc1ccc(S(=O)(=O)N2CCCCCC2)cc1)c1ccc(NC(=O)C2CC2)cc1. The number of nitrogens with zero attached hydrogens (tertiary/aromatic N) is 1. The third-order valence-electron chi connectivity index (χ3n) is 6.77. The van der Waals surface area contributed by atoms with Crippen LogP contribution in [-0.4, -0.2) is 37.6 Å². The van der Waals surface area contributed by atoms with E-state index in [9.17, 15) is 18.0 Å². The lowest BCUT2D eigenvalue weighted by Gasteiger charge is -2.20. The zero-order chi connectivity index (χ0) is 24.8. The second kappa shape index (κ2) is 11.4. The molecule has 2 fully saturated rings. The minimum absolute atomic E-state index is 0.0649. The molecule has 1 aliphatic heterocycles. The molecule has 1 saturated carbocycles. The Balaban J connectivity index is 1.25. The number of aryl methyl sites for hydroxylation is 1. The molecule has 188 valence electrons. The molecule has 2 N–H and O–H groups in total. The van der Waals surface area contributed by atoms with E-state index >= 15 is 0 Å². The van der Waals surface area contributed by atoms with Gasteiger partial charge in [-0.15, -0.1) is 0 Å². The van der Waals surface area contributed by atoms with Crippen molar-refractivity contribution in [1.29, 1.82) is 0 Å². The fourth-order valence-corrected chi connectivity index (χ4v) is 5.88. The van der Waals surface area contributed by atoms with E-state index in [1.807, 2.05) is 31.2 Å². The summed E-state index contributed by atoms with van der Waals surface area (Å²) in [6.07, 6.45) is 6.76. The maximum atomic E-state index is 12.9. The highest BCUT2D eigenvalue weighted by Gasteiger charge is 2.29. The number of carbonyl (C=O) groups excluding carboxylic acids is 2. The molecular formula is C27H35N3O4S. The van der Waals surface area contributed by atoms with Crippen molar-refractivity contribution in [1.82, 2.24) is 9.62 Å². The molecule has 0 aromatic heterocycles. The molecule has 1 heterocycles. The Hall–Kier alpha value is -2.71. The fourth-order valence-electron chi connectivity index (χ4n) is 4.36. The number of amides is 2. The van der Waals surface area contributed by atoms with Crippen molar-refractivity contribution in [2.45, 2.75) is 69.2 Å². The van der Waals surface area contributed by atoms with Crippen molar-refractivity contribution >= 4 is 27.5 Å². The van der Waals surface area contributed by atoms with Crippen molar-refractivity contribution in [3.8, 4) is 0 Å². The molecule has 4 rings (SSSR count). The van der Waals surface area contributed by atoms with E-state index in [2.05, 4.69) is 10.6 Å². The fraction of sp³-hybridized carbons (Fsp3) is 0.481. The lowest BCUT2D eigenvalue weighted by Crippen LogP contribution is -2.31. The number of benzene rings is 2. The van der Waals surface area contributed by atoms with Crippen molar-refractivity contribution < 1.29 is 18.0 Å². The molecule has 2 aliphatic rings. The van der Waals surface area contributed by atoms with Gasteiger partial charge in [-0.1, -0.05) is 37.1 Å². The molecule has 2 aromatic carbocycles. The van der Waals surface area contributed by atoms with Crippen LogP contribution in [0.1, 0.15) is 69.0 Å². The number of nitrogens with one attached hydrogen (secondary N) is 2. The van der Waals surface area contributed by atoms with Gasteiger partial charge in [0.15, 0.2) is 0 Å². The van der Waals surface area contributed by atoms with Gasteiger partial charge in [-0.25, -0.2) is 8.42 Å². The molecule has 7 nitrogen and oxygen atoms in total. The van der Waals surface area contributed by atoms with Crippen LogP contribution in [-0.2, 0) is 26.0 Å². The summed E-state index contributed by atoms with van der Waals surface area (Å²) in [5.41, 5.74) is 2.66. The van der Waals surface area contributed by atoms with Crippen LogP contribution < -0.4 is 10.6 Å². The summed E-state index contributed by atoms with van der Waals surface area (Å²) in [7, 11) is -3.46. The monoisotopic (exact) mass is 497 g/mol. The van der Waals surface area contributed by atoms with Crippen LogP contribution in [0.3, 0.4) is 0 Å². The van der Waals surface area contributed by atoms with E-state index < -0.39 is 10.0 Å². The first-order chi connectivity index (χ1) is 16.8. The maximum Gasteiger partial charge on any atom is 0.243 e. The van der Waals surface area contributed by atoms with Crippen LogP contribution in [0.2, 0.25) is 0 Å². The molecule has 0 radical (unpaired) electrons. The second-order valence-electron chi connectivity index (χ2n) is 9.64. The van der Waals surface area contributed by atoms with Gasteiger partial charge < -0.3 is 10.6 Å². The second-order valence-corrected chi connectivity index (χ2v) is 11.6. The number of sulfonamides is 1. The Morgan fingerprint density at radius 3 is 2.17 bits per heavy atom. The van der Waals surface area contributed by atoms with Crippen LogP contribution in [0.15, 0.2) is 53.4 Å². The van der Waals surface area contributed by atoms with E-state index in [1.54, 1.807) is 28.6 Å². The Labute approximate surface area is 208 Å². The van der Waals surface area contributed by atoms with Gasteiger partial charge in [0.25, 0.3) is 0 Å². The molecule has 1 saturated heterocycles.